The minimum Gasteiger partial charge on any atom is -0.494 e. The van der Waals surface area contributed by atoms with Crippen LogP contribution >= 0.6 is 0 Å². The predicted octanol–water partition coefficient (Wildman–Crippen LogP) is 3.67. The Kier molecular flexibility index (Phi) is 4.00. The van der Waals surface area contributed by atoms with Crippen LogP contribution in [0.25, 0.3) is 0 Å². The van der Waals surface area contributed by atoms with Crippen molar-refractivity contribution in [1.82, 2.24) is 4.31 Å². The van der Waals surface area contributed by atoms with Crippen LogP contribution in [0.5, 0.6) is 5.75 Å². The summed E-state index contributed by atoms with van der Waals surface area (Å²) in [7, 11) is -3.44. The second-order valence-corrected chi connectivity index (χ2v) is 10.1. The summed E-state index contributed by atoms with van der Waals surface area (Å²) in [5, 5.41) is 0. The van der Waals surface area contributed by atoms with Crippen molar-refractivity contribution in [1.29, 1.82) is 0 Å². The van der Waals surface area contributed by atoms with Gasteiger partial charge in [0.05, 0.1) is 11.5 Å². The largest absolute Gasteiger partial charge is 0.494 e. The van der Waals surface area contributed by atoms with Gasteiger partial charge in [-0.25, -0.2) is 8.42 Å². The Morgan fingerprint density at radius 3 is 2.43 bits per heavy atom. The highest BCUT2D eigenvalue weighted by Crippen LogP contribution is 2.53. The van der Waals surface area contributed by atoms with Gasteiger partial charge in [0.25, 0.3) is 0 Å². The minimum absolute atomic E-state index is 0.102. The first-order chi connectivity index (χ1) is 10.7. The maximum Gasteiger partial charge on any atom is 0.243 e. The van der Waals surface area contributed by atoms with Crippen molar-refractivity contribution in [2.75, 3.05) is 13.2 Å². The Morgan fingerprint density at radius 1 is 1.17 bits per heavy atom. The highest BCUT2D eigenvalue weighted by Gasteiger charge is 2.53. The summed E-state index contributed by atoms with van der Waals surface area (Å²) in [5.41, 5.74) is 0.311. The molecule has 2 aliphatic rings. The van der Waals surface area contributed by atoms with Gasteiger partial charge in [-0.3, -0.25) is 0 Å². The van der Waals surface area contributed by atoms with E-state index >= 15 is 0 Å². The number of rotatable bonds is 4. The van der Waals surface area contributed by atoms with Gasteiger partial charge in [-0.2, -0.15) is 4.31 Å². The predicted molar refractivity (Wildman–Crippen MR) is 91.0 cm³/mol. The molecule has 1 saturated carbocycles. The molecule has 0 aromatic heterocycles. The highest BCUT2D eigenvalue weighted by atomic mass is 32.2. The number of hydrogen-bond acceptors (Lipinski definition) is 3. The zero-order chi connectivity index (χ0) is 16.9. The van der Waals surface area contributed by atoms with Gasteiger partial charge in [0.1, 0.15) is 5.75 Å². The van der Waals surface area contributed by atoms with Crippen molar-refractivity contribution in [3.8, 4) is 5.75 Å². The van der Waals surface area contributed by atoms with E-state index in [1.165, 1.54) is 0 Å². The van der Waals surface area contributed by atoms with Crippen LogP contribution in [0.4, 0.5) is 0 Å². The van der Waals surface area contributed by atoms with Crippen LogP contribution in [0, 0.1) is 10.8 Å². The van der Waals surface area contributed by atoms with Gasteiger partial charge in [-0.05, 0) is 61.3 Å². The number of nitrogens with zero attached hydrogens (tertiary/aromatic N) is 1. The van der Waals surface area contributed by atoms with E-state index in [-0.39, 0.29) is 16.9 Å². The van der Waals surface area contributed by atoms with Crippen LogP contribution in [0.1, 0.15) is 47.0 Å². The molecule has 23 heavy (non-hydrogen) atoms. The number of sulfonamides is 1. The van der Waals surface area contributed by atoms with Gasteiger partial charge < -0.3 is 4.74 Å². The monoisotopic (exact) mass is 337 g/mol. The van der Waals surface area contributed by atoms with Crippen molar-refractivity contribution in [3.63, 3.8) is 0 Å². The molecule has 1 aromatic carbocycles. The molecule has 1 heterocycles. The minimum atomic E-state index is -3.44. The van der Waals surface area contributed by atoms with Crippen LogP contribution in [0.3, 0.4) is 0 Å². The summed E-state index contributed by atoms with van der Waals surface area (Å²) < 4.78 is 33.3. The summed E-state index contributed by atoms with van der Waals surface area (Å²) in [5.74, 6) is 0.708. The number of benzene rings is 1. The lowest BCUT2D eigenvalue weighted by Gasteiger charge is -2.39. The highest BCUT2D eigenvalue weighted by molar-refractivity contribution is 7.89. The van der Waals surface area contributed by atoms with E-state index in [4.69, 9.17) is 4.74 Å². The van der Waals surface area contributed by atoms with E-state index in [9.17, 15) is 8.42 Å². The average molecular weight is 337 g/mol. The Balaban J connectivity index is 1.88. The Bertz CT molecular complexity index is 681. The van der Waals surface area contributed by atoms with Crippen LogP contribution < -0.4 is 4.74 Å². The Labute approximate surface area is 139 Å². The van der Waals surface area contributed by atoms with E-state index in [1.54, 1.807) is 28.6 Å². The Morgan fingerprint density at radius 2 is 1.83 bits per heavy atom. The molecular formula is C18H27NO3S. The van der Waals surface area contributed by atoms with E-state index in [1.807, 2.05) is 6.92 Å². The van der Waals surface area contributed by atoms with Crippen LogP contribution in [0.15, 0.2) is 29.2 Å². The summed E-state index contributed by atoms with van der Waals surface area (Å²) >= 11 is 0. The second kappa shape index (κ2) is 5.49. The maximum absolute atomic E-state index is 13.1. The lowest BCUT2D eigenvalue weighted by Crippen LogP contribution is -2.37. The van der Waals surface area contributed by atoms with Crippen molar-refractivity contribution < 1.29 is 13.2 Å². The van der Waals surface area contributed by atoms with Crippen LogP contribution in [-0.4, -0.2) is 31.9 Å². The molecule has 1 aromatic rings. The third kappa shape index (κ3) is 3.13. The van der Waals surface area contributed by atoms with Crippen LogP contribution in [-0.2, 0) is 10.0 Å². The van der Waals surface area contributed by atoms with Gasteiger partial charge in [-0.1, -0.05) is 20.8 Å². The molecule has 2 bridgehead atoms. The van der Waals surface area contributed by atoms with E-state index in [2.05, 4.69) is 20.8 Å². The second-order valence-electron chi connectivity index (χ2n) is 8.17. The molecule has 1 aliphatic heterocycles. The molecule has 0 radical (unpaired) electrons. The number of fused-ring (bicyclic) bond motifs is 2. The summed E-state index contributed by atoms with van der Waals surface area (Å²) in [6.07, 6.45) is 3.01. The summed E-state index contributed by atoms with van der Waals surface area (Å²) in [6, 6.07) is 6.93. The molecule has 4 nitrogen and oxygen atoms in total. The summed E-state index contributed by atoms with van der Waals surface area (Å²) in [6.45, 7) is 9.87. The maximum atomic E-state index is 13.1. The van der Waals surface area contributed by atoms with Gasteiger partial charge in [-0.15, -0.1) is 0 Å². The SMILES string of the molecule is CCOc1ccc(S(=O)(=O)N2C[C@]3(C)C[C@H]2CC(C)(C)C3)cc1. The standard InChI is InChI=1S/C18H27NO3S/c1-5-22-15-6-8-16(9-7-15)23(20,21)19-13-18(4)11-14(19)10-17(2,3)12-18/h6-9,14H,5,10-13H2,1-4H3/t14-,18-/m1/s1. The van der Waals surface area contributed by atoms with Crippen molar-refractivity contribution in [3.05, 3.63) is 24.3 Å². The number of ether oxygens (including phenoxy) is 1. The first-order valence-electron chi connectivity index (χ1n) is 8.40. The molecule has 2 fully saturated rings. The molecule has 1 aliphatic carbocycles. The van der Waals surface area contributed by atoms with Gasteiger partial charge in [0.2, 0.25) is 10.0 Å². The third-order valence-electron chi connectivity index (χ3n) is 5.11. The molecule has 3 rings (SSSR count). The van der Waals surface area contributed by atoms with Crippen molar-refractivity contribution in [2.24, 2.45) is 10.8 Å². The molecule has 0 spiro atoms. The molecule has 2 atom stereocenters. The van der Waals surface area contributed by atoms with Gasteiger partial charge >= 0.3 is 0 Å². The normalized spacial score (nSPS) is 30.3. The first kappa shape index (κ1) is 16.8. The topological polar surface area (TPSA) is 46.6 Å². The van der Waals surface area contributed by atoms with Crippen LogP contribution in [0.2, 0.25) is 0 Å². The fraction of sp³-hybridized carbons (Fsp3) is 0.667. The molecular weight excluding hydrogens is 310 g/mol. The fourth-order valence-corrected chi connectivity index (χ4v) is 6.47. The van der Waals surface area contributed by atoms with E-state index in [0.29, 0.717) is 23.8 Å². The molecule has 128 valence electrons. The zero-order valence-electron chi connectivity index (χ0n) is 14.5. The molecule has 0 amide bonds. The molecule has 1 saturated heterocycles. The van der Waals surface area contributed by atoms with E-state index < -0.39 is 10.0 Å². The average Bonchev–Trinajstić information content (AvgIpc) is 2.69. The molecule has 0 N–H and O–H groups in total. The van der Waals surface area contributed by atoms with E-state index in [0.717, 1.165) is 19.3 Å². The lowest BCUT2D eigenvalue weighted by atomic mass is 9.65. The first-order valence-corrected chi connectivity index (χ1v) is 9.84. The van der Waals surface area contributed by atoms with Gasteiger partial charge in [0, 0.05) is 12.6 Å². The van der Waals surface area contributed by atoms with Crippen molar-refractivity contribution >= 4 is 10.0 Å². The van der Waals surface area contributed by atoms with Gasteiger partial charge in [0.15, 0.2) is 0 Å². The Hall–Kier alpha value is -1.07. The lowest BCUT2D eigenvalue weighted by molar-refractivity contribution is 0.133. The number of hydrogen-bond donors (Lipinski definition) is 0. The fourth-order valence-electron chi connectivity index (χ4n) is 4.70. The third-order valence-corrected chi connectivity index (χ3v) is 7.02. The van der Waals surface area contributed by atoms with Crippen molar-refractivity contribution in [2.45, 2.75) is 57.9 Å². The smallest absolute Gasteiger partial charge is 0.243 e. The molecule has 0 unspecified atom stereocenters. The summed E-state index contributed by atoms with van der Waals surface area (Å²) in [4.78, 5) is 0.370. The molecule has 5 heteroatoms. The zero-order valence-corrected chi connectivity index (χ0v) is 15.3. The quantitative estimate of drug-likeness (QED) is 0.842.